The highest BCUT2D eigenvalue weighted by Gasteiger charge is 2.33. The Labute approximate surface area is 83.3 Å². The summed E-state index contributed by atoms with van der Waals surface area (Å²) >= 11 is 0. The lowest BCUT2D eigenvalue weighted by molar-refractivity contribution is 0.116. The minimum Gasteiger partial charge on any atom is -0.317 e. The molecule has 1 nitrogen and oxygen atoms in total. The van der Waals surface area contributed by atoms with Gasteiger partial charge < -0.3 is 5.32 Å². The molecule has 1 N–H and O–H groups in total. The van der Waals surface area contributed by atoms with Crippen LogP contribution in [0, 0.1) is 11.3 Å². The molecule has 0 aromatic carbocycles. The summed E-state index contributed by atoms with van der Waals surface area (Å²) in [5.74, 6) is 0.958. The molecule has 0 saturated carbocycles. The molecule has 1 unspecified atom stereocenters. The topological polar surface area (TPSA) is 12.0 Å². The summed E-state index contributed by atoms with van der Waals surface area (Å²) in [7, 11) is 0. The average molecular weight is 183 g/mol. The molecule has 0 radical (unpaired) electrons. The van der Waals surface area contributed by atoms with E-state index in [1.165, 1.54) is 45.2 Å². The van der Waals surface area contributed by atoms with Gasteiger partial charge in [0.1, 0.15) is 0 Å². The maximum absolute atomic E-state index is 3.46. The molecule has 1 heteroatoms. The maximum atomic E-state index is 3.46. The van der Waals surface area contributed by atoms with Crippen LogP contribution in [-0.4, -0.2) is 13.1 Å². The van der Waals surface area contributed by atoms with Crippen molar-refractivity contribution in [2.24, 2.45) is 11.3 Å². The molecule has 1 atom stereocenters. The maximum Gasteiger partial charge on any atom is -0.00436 e. The van der Waals surface area contributed by atoms with E-state index < -0.39 is 0 Å². The largest absolute Gasteiger partial charge is 0.317 e. The molecule has 0 bridgehead atoms. The van der Waals surface area contributed by atoms with Gasteiger partial charge in [-0.05, 0) is 37.3 Å². The van der Waals surface area contributed by atoms with Crippen LogP contribution in [0.5, 0.6) is 0 Å². The second-order valence-electron chi connectivity index (χ2n) is 4.80. The summed E-state index contributed by atoms with van der Waals surface area (Å²) in [6.07, 6.45) is 6.90. The predicted molar refractivity (Wildman–Crippen MR) is 58.9 cm³/mol. The normalized spacial score (nSPS) is 24.2. The summed E-state index contributed by atoms with van der Waals surface area (Å²) in [5.41, 5.74) is 0.635. The highest BCUT2D eigenvalue weighted by molar-refractivity contribution is 4.86. The lowest BCUT2D eigenvalue weighted by Crippen LogP contribution is -2.39. The van der Waals surface area contributed by atoms with Crippen LogP contribution in [0.2, 0.25) is 0 Å². The molecule has 0 aromatic heterocycles. The van der Waals surface area contributed by atoms with Crippen molar-refractivity contribution in [1.29, 1.82) is 0 Å². The Kier molecular flexibility index (Phi) is 4.24. The second kappa shape index (κ2) is 4.99. The number of hydrogen-bond donors (Lipinski definition) is 1. The fraction of sp³-hybridized carbons (Fsp3) is 1.00. The third-order valence-corrected chi connectivity index (χ3v) is 3.86. The van der Waals surface area contributed by atoms with Gasteiger partial charge in [0, 0.05) is 0 Å². The van der Waals surface area contributed by atoms with Crippen molar-refractivity contribution >= 4 is 0 Å². The van der Waals surface area contributed by atoms with Gasteiger partial charge in [0.25, 0.3) is 0 Å². The van der Waals surface area contributed by atoms with Crippen molar-refractivity contribution in [2.75, 3.05) is 13.1 Å². The van der Waals surface area contributed by atoms with Gasteiger partial charge >= 0.3 is 0 Å². The number of nitrogens with one attached hydrogen (secondary N) is 1. The minimum atomic E-state index is 0.635. The molecule has 1 heterocycles. The fourth-order valence-corrected chi connectivity index (χ4v) is 2.80. The molecular weight excluding hydrogens is 158 g/mol. The minimum absolute atomic E-state index is 0.635. The number of piperidine rings is 1. The molecule has 1 saturated heterocycles. The van der Waals surface area contributed by atoms with Crippen molar-refractivity contribution in [3.05, 3.63) is 0 Å². The Morgan fingerprint density at radius 3 is 2.31 bits per heavy atom. The first-order valence-electron chi connectivity index (χ1n) is 5.93. The molecule has 0 amide bonds. The third-order valence-electron chi connectivity index (χ3n) is 3.86. The quantitative estimate of drug-likeness (QED) is 0.705. The first-order chi connectivity index (χ1) is 6.23. The van der Waals surface area contributed by atoms with Crippen LogP contribution >= 0.6 is 0 Å². The third kappa shape index (κ3) is 2.70. The Bertz CT molecular complexity index is 136. The zero-order valence-electron chi connectivity index (χ0n) is 9.53. The summed E-state index contributed by atoms with van der Waals surface area (Å²) in [6, 6.07) is 0. The van der Waals surface area contributed by atoms with Crippen molar-refractivity contribution in [1.82, 2.24) is 5.32 Å². The standard InChI is InChI=1S/C12H25N/c1-4-6-11(5-2)12(3)7-9-13-10-8-12/h11,13H,4-10H2,1-3H3. The molecule has 1 fully saturated rings. The van der Waals surface area contributed by atoms with Gasteiger partial charge in [-0.2, -0.15) is 0 Å². The van der Waals surface area contributed by atoms with Crippen molar-refractivity contribution in [3.8, 4) is 0 Å². The summed E-state index contributed by atoms with van der Waals surface area (Å²) in [4.78, 5) is 0. The van der Waals surface area contributed by atoms with Crippen molar-refractivity contribution < 1.29 is 0 Å². The number of rotatable bonds is 4. The first kappa shape index (κ1) is 11.0. The van der Waals surface area contributed by atoms with Crippen LogP contribution in [0.15, 0.2) is 0 Å². The molecule has 1 aliphatic rings. The zero-order chi connectivity index (χ0) is 9.73. The molecular formula is C12H25N. The second-order valence-corrected chi connectivity index (χ2v) is 4.80. The Balaban J connectivity index is 2.52. The summed E-state index contributed by atoms with van der Waals surface area (Å²) in [6.45, 7) is 9.63. The highest BCUT2D eigenvalue weighted by atomic mass is 14.9. The van der Waals surface area contributed by atoms with Crippen LogP contribution < -0.4 is 5.32 Å². The lowest BCUT2D eigenvalue weighted by Gasteiger charge is -2.41. The van der Waals surface area contributed by atoms with Gasteiger partial charge in [0.05, 0.1) is 0 Å². The summed E-state index contributed by atoms with van der Waals surface area (Å²) < 4.78 is 0. The van der Waals surface area contributed by atoms with E-state index in [-0.39, 0.29) is 0 Å². The molecule has 78 valence electrons. The SMILES string of the molecule is CCCC(CC)C1(C)CCNCC1. The van der Waals surface area contributed by atoms with Gasteiger partial charge in [0.2, 0.25) is 0 Å². The average Bonchev–Trinajstić information content (AvgIpc) is 2.15. The van der Waals surface area contributed by atoms with Crippen LogP contribution in [0.25, 0.3) is 0 Å². The molecule has 0 aromatic rings. The predicted octanol–water partition coefficient (Wildman–Crippen LogP) is 3.20. The van der Waals surface area contributed by atoms with E-state index in [9.17, 15) is 0 Å². The summed E-state index contributed by atoms with van der Waals surface area (Å²) in [5, 5.41) is 3.46. The van der Waals surface area contributed by atoms with E-state index in [0.717, 1.165) is 5.92 Å². The molecule has 1 rings (SSSR count). The van der Waals surface area contributed by atoms with E-state index in [1.54, 1.807) is 0 Å². The molecule has 0 aliphatic carbocycles. The number of hydrogen-bond acceptors (Lipinski definition) is 1. The van der Waals surface area contributed by atoms with Gasteiger partial charge in [0.15, 0.2) is 0 Å². The molecule has 0 spiro atoms. The fourth-order valence-electron chi connectivity index (χ4n) is 2.80. The Hall–Kier alpha value is -0.0400. The van der Waals surface area contributed by atoms with E-state index >= 15 is 0 Å². The van der Waals surface area contributed by atoms with E-state index in [4.69, 9.17) is 0 Å². The van der Waals surface area contributed by atoms with Crippen molar-refractivity contribution in [3.63, 3.8) is 0 Å². The van der Waals surface area contributed by atoms with Gasteiger partial charge in [-0.15, -0.1) is 0 Å². The van der Waals surface area contributed by atoms with Gasteiger partial charge in [-0.1, -0.05) is 40.0 Å². The van der Waals surface area contributed by atoms with Crippen LogP contribution in [0.4, 0.5) is 0 Å². The Morgan fingerprint density at radius 2 is 1.85 bits per heavy atom. The van der Waals surface area contributed by atoms with E-state index in [0.29, 0.717) is 5.41 Å². The molecule has 13 heavy (non-hydrogen) atoms. The van der Waals surface area contributed by atoms with E-state index in [1.807, 2.05) is 0 Å². The Morgan fingerprint density at radius 1 is 1.23 bits per heavy atom. The first-order valence-corrected chi connectivity index (χ1v) is 5.93. The monoisotopic (exact) mass is 183 g/mol. The van der Waals surface area contributed by atoms with E-state index in [2.05, 4.69) is 26.1 Å². The zero-order valence-corrected chi connectivity index (χ0v) is 9.53. The van der Waals surface area contributed by atoms with Gasteiger partial charge in [-0.25, -0.2) is 0 Å². The van der Waals surface area contributed by atoms with Crippen molar-refractivity contribution in [2.45, 2.75) is 52.9 Å². The smallest absolute Gasteiger partial charge is 0.00436 e. The van der Waals surface area contributed by atoms with Crippen LogP contribution in [-0.2, 0) is 0 Å². The van der Waals surface area contributed by atoms with Gasteiger partial charge in [-0.3, -0.25) is 0 Å². The van der Waals surface area contributed by atoms with Crippen LogP contribution in [0.3, 0.4) is 0 Å². The molecule has 1 aliphatic heterocycles. The van der Waals surface area contributed by atoms with Crippen LogP contribution in [0.1, 0.15) is 52.9 Å². The highest BCUT2D eigenvalue weighted by Crippen LogP contribution is 2.40. The lowest BCUT2D eigenvalue weighted by atomic mass is 9.68.